The molecule has 0 saturated carbocycles. The van der Waals surface area contributed by atoms with Gasteiger partial charge in [-0.25, -0.2) is 0 Å². The highest BCUT2D eigenvalue weighted by atomic mass is 16.5. The van der Waals surface area contributed by atoms with Crippen molar-refractivity contribution in [1.82, 2.24) is 10.2 Å². The van der Waals surface area contributed by atoms with E-state index in [2.05, 4.69) is 10.2 Å². The van der Waals surface area contributed by atoms with Crippen LogP contribution in [0.1, 0.15) is 19.8 Å². The molecule has 1 N–H and O–H groups in total. The van der Waals surface area contributed by atoms with Crippen LogP contribution in [0.5, 0.6) is 0 Å². The van der Waals surface area contributed by atoms with Crippen molar-refractivity contribution in [3.63, 3.8) is 0 Å². The van der Waals surface area contributed by atoms with Crippen LogP contribution in [0.2, 0.25) is 0 Å². The SMILES string of the molecule is COC(=O)C(C)NC1CCN2CCC1C2. The molecule has 2 heterocycles. The lowest BCUT2D eigenvalue weighted by molar-refractivity contribution is -0.143. The maximum atomic E-state index is 11.3. The standard InChI is InChI=1S/C11H20N2O2/c1-8(11(14)15-2)12-10-4-6-13-5-3-9(10)7-13/h8-10,12H,3-7H2,1-2H3. The normalized spacial score (nSPS) is 36.3. The maximum Gasteiger partial charge on any atom is 0.322 e. The number of carbonyl (C=O) groups excluding carboxylic acids is 1. The molecule has 0 aromatic carbocycles. The predicted octanol–water partition coefficient (Wildman–Crippen LogP) is 0.232. The van der Waals surface area contributed by atoms with Crippen molar-refractivity contribution < 1.29 is 9.53 Å². The molecule has 0 aromatic rings. The summed E-state index contributed by atoms with van der Waals surface area (Å²) in [6.07, 6.45) is 2.43. The van der Waals surface area contributed by atoms with Gasteiger partial charge in [0.25, 0.3) is 0 Å². The molecule has 86 valence electrons. The number of carbonyl (C=O) groups is 1. The summed E-state index contributed by atoms with van der Waals surface area (Å²) >= 11 is 0. The van der Waals surface area contributed by atoms with Crippen molar-refractivity contribution >= 4 is 5.97 Å². The van der Waals surface area contributed by atoms with Gasteiger partial charge < -0.3 is 15.0 Å². The molecule has 2 bridgehead atoms. The molecule has 0 aromatic heterocycles. The Labute approximate surface area is 91.0 Å². The van der Waals surface area contributed by atoms with Gasteiger partial charge in [0.2, 0.25) is 0 Å². The summed E-state index contributed by atoms with van der Waals surface area (Å²) in [6, 6.07) is 0.324. The van der Waals surface area contributed by atoms with Gasteiger partial charge in [-0.3, -0.25) is 4.79 Å². The third-order valence-corrected chi connectivity index (χ3v) is 3.65. The Hall–Kier alpha value is -0.610. The first kappa shape index (κ1) is 10.9. The number of methoxy groups -OCH3 is 1. The average Bonchev–Trinajstić information content (AvgIpc) is 2.64. The molecule has 4 atom stereocenters. The Bertz CT molecular complexity index is 245. The number of rotatable bonds is 3. The number of esters is 1. The van der Waals surface area contributed by atoms with Crippen molar-refractivity contribution in [2.75, 3.05) is 26.7 Å². The minimum absolute atomic E-state index is 0.157. The number of piperidine rings is 1. The fourth-order valence-electron chi connectivity index (χ4n) is 2.74. The minimum Gasteiger partial charge on any atom is -0.468 e. The lowest BCUT2D eigenvalue weighted by Crippen LogP contribution is -2.49. The molecule has 2 aliphatic heterocycles. The number of ether oxygens (including phenoxy) is 1. The summed E-state index contributed by atoms with van der Waals surface area (Å²) in [5, 5.41) is 3.40. The molecule has 4 heteroatoms. The second kappa shape index (κ2) is 4.49. The maximum absolute atomic E-state index is 11.3. The molecule has 4 unspecified atom stereocenters. The minimum atomic E-state index is -0.174. The summed E-state index contributed by atoms with van der Waals surface area (Å²) in [7, 11) is 1.44. The van der Waals surface area contributed by atoms with E-state index in [4.69, 9.17) is 4.74 Å². The van der Waals surface area contributed by atoms with Gasteiger partial charge >= 0.3 is 5.97 Å². The molecule has 2 fully saturated rings. The highest BCUT2D eigenvalue weighted by molar-refractivity contribution is 5.75. The lowest BCUT2D eigenvalue weighted by atomic mass is 9.93. The number of nitrogens with zero attached hydrogens (tertiary/aromatic N) is 1. The number of fused-ring (bicyclic) bond motifs is 2. The van der Waals surface area contributed by atoms with Crippen molar-refractivity contribution in [2.24, 2.45) is 5.92 Å². The summed E-state index contributed by atoms with van der Waals surface area (Å²) in [5.41, 5.74) is 0. The quantitative estimate of drug-likeness (QED) is 0.680. The van der Waals surface area contributed by atoms with E-state index in [9.17, 15) is 4.79 Å². The Morgan fingerprint density at radius 1 is 1.47 bits per heavy atom. The number of hydrogen-bond acceptors (Lipinski definition) is 4. The molecule has 0 amide bonds. The van der Waals surface area contributed by atoms with Crippen molar-refractivity contribution in [3.05, 3.63) is 0 Å². The predicted molar refractivity (Wildman–Crippen MR) is 57.6 cm³/mol. The van der Waals surface area contributed by atoms with Crippen LogP contribution in [0.25, 0.3) is 0 Å². The second-order valence-corrected chi connectivity index (χ2v) is 4.66. The lowest BCUT2D eigenvalue weighted by Gasteiger charge is -2.32. The van der Waals surface area contributed by atoms with Crippen LogP contribution in [0.3, 0.4) is 0 Å². The molecule has 0 aliphatic carbocycles. The highest BCUT2D eigenvalue weighted by Crippen LogP contribution is 2.27. The monoisotopic (exact) mass is 212 g/mol. The smallest absolute Gasteiger partial charge is 0.322 e. The van der Waals surface area contributed by atoms with Crippen LogP contribution in [0.15, 0.2) is 0 Å². The van der Waals surface area contributed by atoms with Crippen LogP contribution < -0.4 is 5.32 Å². The van der Waals surface area contributed by atoms with Gasteiger partial charge in [-0.05, 0) is 38.8 Å². The highest BCUT2D eigenvalue weighted by Gasteiger charge is 2.35. The first-order valence-electron chi connectivity index (χ1n) is 5.77. The molecule has 0 spiro atoms. The van der Waals surface area contributed by atoms with E-state index in [-0.39, 0.29) is 12.0 Å². The van der Waals surface area contributed by atoms with Gasteiger partial charge in [-0.2, -0.15) is 0 Å². The Morgan fingerprint density at radius 2 is 2.20 bits per heavy atom. The number of hydrogen-bond donors (Lipinski definition) is 1. The topological polar surface area (TPSA) is 41.6 Å². The van der Waals surface area contributed by atoms with Crippen LogP contribution in [0.4, 0.5) is 0 Å². The molecule has 15 heavy (non-hydrogen) atoms. The van der Waals surface area contributed by atoms with E-state index in [1.54, 1.807) is 0 Å². The van der Waals surface area contributed by atoms with Crippen LogP contribution >= 0.6 is 0 Å². The first-order chi connectivity index (χ1) is 7.20. The van der Waals surface area contributed by atoms with E-state index in [0.29, 0.717) is 6.04 Å². The molecule has 4 nitrogen and oxygen atoms in total. The van der Waals surface area contributed by atoms with Crippen molar-refractivity contribution in [3.8, 4) is 0 Å². The van der Waals surface area contributed by atoms with E-state index in [0.717, 1.165) is 12.3 Å². The van der Waals surface area contributed by atoms with E-state index >= 15 is 0 Å². The van der Waals surface area contributed by atoms with Crippen LogP contribution in [0, 0.1) is 5.92 Å². The summed E-state index contributed by atoms with van der Waals surface area (Å²) in [6.45, 7) is 5.48. The molecular formula is C11H20N2O2. The fourth-order valence-corrected chi connectivity index (χ4v) is 2.74. The largest absolute Gasteiger partial charge is 0.468 e. The Kier molecular flexibility index (Phi) is 3.26. The van der Waals surface area contributed by atoms with Gasteiger partial charge in [0, 0.05) is 12.6 Å². The zero-order valence-corrected chi connectivity index (χ0v) is 9.53. The zero-order valence-electron chi connectivity index (χ0n) is 9.53. The zero-order chi connectivity index (χ0) is 10.8. The molecule has 2 aliphatic rings. The first-order valence-corrected chi connectivity index (χ1v) is 5.77. The molecule has 2 saturated heterocycles. The summed E-state index contributed by atoms with van der Waals surface area (Å²) < 4.78 is 4.72. The fraction of sp³-hybridized carbons (Fsp3) is 0.909. The van der Waals surface area contributed by atoms with Gasteiger partial charge in [0.05, 0.1) is 7.11 Å². The Balaban J connectivity index is 1.86. The summed E-state index contributed by atoms with van der Waals surface area (Å²) in [5.74, 6) is 0.571. The van der Waals surface area contributed by atoms with E-state index in [1.807, 2.05) is 6.92 Å². The van der Waals surface area contributed by atoms with Gasteiger partial charge in [0.1, 0.15) is 6.04 Å². The van der Waals surface area contributed by atoms with Crippen LogP contribution in [-0.2, 0) is 9.53 Å². The molecule has 2 rings (SSSR count). The average molecular weight is 212 g/mol. The van der Waals surface area contributed by atoms with Gasteiger partial charge in [0.15, 0.2) is 0 Å². The third-order valence-electron chi connectivity index (χ3n) is 3.65. The molecule has 0 radical (unpaired) electrons. The second-order valence-electron chi connectivity index (χ2n) is 4.66. The summed E-state index contributed by atoms with van der Waals surface area (Å²) in [4.78, 5) is 13.8. The Morgan fingerprint density at radius 3 is 2.93 bits per heavy atom. The molecular weight excluding hydrogens is 192 g/mol. The van der Waals surface area contributed by atoms with Crippen LogP contribution in [-0.4, -0.2) is 49.7 Å². The van der Waals surface area contributed by atoms with E-state index < -0.39 is 0 Å². The van der Waals surface area contributed by atoms with E-state index in [1.165, 1.54) is 33.2 Å². The number of nitrogens with one attached hydrogen (secondary N) is 1. The van der Waals surface area contributed by atoms with Gasteiger partial charge in [-0.15, -0.1) is 0 Å². The van der Waals surface area contributed by atoms with Gasteiger partial charge in [-0.1, -0.05) is 0 Å². The van der Waals surface area contributed by atoms with Crippen molar-refractivity contribution in [1.29, 1.82) is 0 Å². The van der Waals surface area contributed by atoms with Crippen molar-refractivity contribution in [2.45, 2.75) is 31.8 Å². The third kappa shape index (κ3) is 2.32.